The van der Waals surface area contributed by atoms with Crippen molar-refractivity contribution in [3.8, 4) is 0 Å². The van der Waals surface area contributed by atoms with Gasteiger partial charge in [-0.25, -0.2) is 0 Å². The van der Waals surface area contributed by atoms with E-state index in [0.717, 1.165) is 0 Å². The SMILES string of the molecule is CC(=O)OCC1OC(OC(=N)C(Cl)(Cl)Cl)C(N=[N+]=[N-])[C@@H](C)[C@@H]1C. The van der Waals surface area contributed by atoms with Crippen LogP contribution in [0, 0.1) is 17.2 Å². The summed E-state index contributed by atoms with van der Waals surface area (Å²) < 4.78 is 13.8. The third-order valence-electron chi connectivity index (χ3n) is 3.67. The Morgan fingerprint density at radius 2 is 2.00 bits per heavy atom. The Morgan fingerprint density at radius 3 is 2.48 bits per heavy atom. The van der Waals surface area contributed by atoms with Crippen LogP contribution in [-0.4, -0.2) is 40.7 Å². The number of esters is 1. The lowest BCUT2D eigenvalue weighted by atomic mass is 9.82. The molecule has 0 aromatic carbocycles. The number of rotatable bonds is 4. The van der Waals surface area contributed by atoms with Gasteiger partial charge in [0.2, 0.25) is 12.2 Å². The Kier molecular flexibility index (Phi) is 7.23. The lowest BCUT2D eigenvalue weighted by Gasteiger charge is -2.42. The number of ether oxygens (including phenoxy) is 3. The molecular formula is C12H17Cl3N4O4. The van der Waals surface area contributed by atoms with Crippen LogP contribution in [0.15, 0.2) is 5.11 Å². The fourth-order valence-corrected chi connectivity index (χ4v) is 2.30. The molecule has 1 fully saturated rings. The van der Waals surface area contributed by atoms with Gasteiger partial charge in [0.05, 0.1) is 6.10 Å². The van der Waals surface area contributed by atoms with Crippen molar-refractivity contribution in [1.29, 1.82) is 5.41 Å². The first-order valence-corrected chi connectivity index (χ1v) is 7.86. The zero-order chi connectivity index (χ0) is 17.8. The second-order valence-electron chi connectivity index (χ2n) is 5.20. The molecule has 11 heteroatoms. The highest BCUT2D eigenvalue weighted by Gasteiger charge is 2.44. The van der Waals surface area contributed by atoms with Crippen LogP contribution in [0.1, 0.15) is 20.8 Å². The summed E-state index contributed by atoms with van der Waals surface area (Å²) in [5, 5.41) is 11.3. The van der Waals surface area contributed by atoms with Gasteiger partial charge in [0, 0.05) is 11.8 Å². The minimum absolute atomic E-state index is 0.00475. The number of hydrogen-bond acceptors (Lipinski definition) is 6. The van der Waals surface area contributed by atoms with Crippen LogP contribution < -0.4 is 0 Å². The maximum absolute atomic E-state index is 11.0. The monoisotopic (exact) mass is 386 g/mol. The zero-order valence-corrected chi connectivity index (χ0v) is 15.0. The predicted octanol–water partition coefficient (Wildman–Crippen LogP) is 3.59. The summed E-state index contributed by atoms with van der Waals surface area (Å²) in [4.78, 5) is 13.7. The summed E-state index contributed by atoms with van der Waals surface area (Å²) in [7, 11) is 0. The van der Waals surface area contributed by atoms with Gasteiger partial charge in [-0.15, -0.1) is 0 Å². The van der Waals surface area contributed by atoms with E-state index in [2.05, 4.69) is 10.0 Å². The summed E-state index contributed by atoms with van der Waals surface area (Å²) in [5.74, 6) is -1.37. The average molecular weight is 388 g/mol. The molecule has 1 saturated heterocycles. The van der Waals surface area contributed by atoms with E-state index in [9.17, 15) is 4.79 Å². The van der Waals surface area contributed by atoms with Crippen LogP contribution in [0.3, 0.4) is 0 Å². The summed E-state index contributed by atoms with van der Waals surface area (Å²) in [6, 6.07) is -0.726. The molecule has 0 spiro atoms. The summed E-state index contributed by atoms with van der Waals surface area (Å²) >= 11 is 16.8. The van der Waals surface area contributed by atoms with Crippen molar-refractivity contribution in [3.05, 3.63) is 10.4 Å². The molecular weight excluding hydrogens is 371 g/mol. The summed E-state index contributed by atoms with van der Waals surface area (Å²) in [6.45, 7) is 4.99. The minimum atomic E-state index is -2.07. The van der Waals surface area contributed by atoms with Crippen LogP contribution >= 0.6 is 34.8 Å². The third-order valence-corrected chi connectivity index (χ3v) is 4.18. The Hall–Kier alpha value is -0.920. The molecule has 1 aliphatic heterocycles. The van der Waals surface area contributed by atoms with Crippen molar-refractivity contribution in [3.63, 3.8) is 0 Å². The maximum Gasteiger partial charge on any atom is 0.302 e. The van der Waals surface area contributed by atoms with Crippen molar-refractivity contribution >= 4 is 46.7 Å². The van der Waals surface area contributed by atoms with E-state index in [-0.39, 0.29) is 18.4 Å². The van der Waals surface area contributed by atoms with Crippen LogP contribution in [0.5, 0.6) is 0 Å². The van der Waals surface area contributed by atoms with E-state index in [1.165, 1.54) is 6.92 Å². The lowest BCUT2D eigenvalue weighted by Crippen LogP contribution is -2.52. The van der Waals surface area contributed by atoms with E-state index in [0.29, 0.717) is 0 Å². The first-order chi connectivity index (χ1) is 10.6. The van der Waals surface area contributed by atoms with Gasteiger partial charge in [-0.1, -0.05) is 53.8 Å². The van der Waals surface area contributed by atoms with Crippen molar-refractivity contribution in [2.45, 2.75) is 43.0 Å². The minimum Gasteiger partial charge on any atom is -0.463 e. The number of nitrogens with zero attached hydrogens (tertiary/aromatic N) is 3. The molecule has 0 amide bonds. The van der Waals surface area contributed by atoms with E-state index in [1.54, 1.807) is 0 Å². The van der Waals surface area contributed by atoms with Crippen molar-refractivity contribution in [2.75, 3.05) is 6.61 Å². The first-order valence-electron chi connectivity index (χ1n) is 6.73. The number of alkyl halides is 3. The topological polar surface area (TPSA) is 117 Å². The maximum atomic E-state index is 11.0. The molecule has 0 saturated carbocycles. The van der Waals surface area contributed by atoms with Crippen molar-refractivity contribution < 1.29 is 19.0 Å². The fraction of sp³-hybridized carbons (Fsp3) is 0.833. The highest BCUT2D eigenvalue weighted by Crippen LogP contribution is 2.36. The highest BCUT2D eigenvalue weighted by atomic mass is 35.6. The van der Waals surface area contributed by atoms with E-state index in [4.69, 9.17) is 60.0 Å². The number of carbonyl (C=O) groups is 1. The second-order valence-corrected chi connectivity index (χ2v) is 7.49. The van der Waals surface area contributed by atoms with E-state index >= 15 is 0 Å². The quantitative estimate of drug-likeness (QED) is 0.151. The third kappa shape index (κ3) is 5.58. The van der Waals surface area contributed by atoms with Gasteiger partial charge in [-0.2, -0.15) is 0 Å². The standard InChI is InChI=1S/C12H17Cl3N4O4/c1-5-6(2)9(18-19-17)10(23-11(16)12(13,14)15)22-8(5)4-21-7(3)20/h5-6,8-10,16H,4H2,1-3H3/t5-,6-,8?,9?,10?/m0/s1. The Balaban J connectivity index is 2.94. The molecule has 3 unspecified atom stereocenters. The summed E-state index contributed by atoms with van der Waals surface area (Å²) in [6.07, 6.45) is -1.63. The van der Waals surface area contributed by atoms with Crippen LogP contribution in [-0.2, 0) is 19.0 Å². The second kappa shape index (κ2) is 8.26. The van der Waals surface area contributed by atoms with Gasteiger partial charge >= 0.3 is 5.97 Å². The molecule has 1 rings (SSSR count). The molecule has 0 radical (unpaired) electrons. The normalized spacial score (nSPS) is 31.0. The average Bonchev–Trinajstić information content (AvgIpc) is 2.44. The molecule has 5 atom stereocenters. The Bertz CT molecular complexity index is 507. The van der Waals surface area contributed by atoms with Gasteiger partial charge in [-0.3, -0.25) is 10.2 Å². The number of carbonyl (C=O) groups excluding carboxylic acids is 1. The molecule has 8 nitrogen and oxygen atoms in total. The molecule has 1 heterocycles. The highest BCUT2D eigenvalue weighted by molar-refractivity contribution is 6.76. The van der Waals surface area contributed by atoms with Crippen molar-refractivity contribution in [2.24, 2.45) is 17.0 Å². The largest absolute Gasteiger partial charge is 0.463 e. The lowest BCUT2D eigenvalue weighted by molar-refractivity contribution is -0.212. The number of halogens is 3. The molecule has 1 N–H and O–H groups in total. The van der Waals surface area contributed by atoms with Crippen molar-refractivity contribution in [1.82, 2.24) is 0 Å². The van der Waals surface area contributed by atoms with Gasteiger partial charge in [0.25, 0.3) is 3.79 Å². The Morgan fingerprint density at radius 1 is 1.39 bits per heavy atom. The zero-order valence-electron chi connectivity index (χ0n) is 12.7. The number of nitrogens with one attached hydrogen (secondary N) is 1. The van der Waals surface area contributed by atoms with Gasteiger partial charge in [-0.05, 0) is 17.4 Å². The summed E-state index contributed by atoms with van der Waals surface area (Å²) in [5.41, 5.74) is 8.72. The number of hydrogen-bond donors (Lipinski definition) is 1. The smallest absolute Gasteiger partial charge is 0.302 e. The molecule has 1 aliphatic rings. The molecule has 23 heavy (non-hydrogen) atoms. The number of azide groups is 1. The predicted molar refractivity (Wildman–Crippen MR) is 85.7 cm³/mol. The van der Waals surface area contributed by atoms with E-state index in [1.807, 2.05) is 13.8 Å². The van der Waals surface area contributed by atoms with E-state index < -0.39 is 34.1 Å². The molecule has 130 valence electrons. The Labute approximate surface area is 148 Å². The van der Waals surface area contributed by atoms with Crippen LogP contribution in [0.2, 0.25) is 0 Å². The van der Waals surface area contributed by atoms with Crippen LogP contribution in [0.25, 0.3) is 10.4 Å². The molecule has 0 aromatic heterocycles. The molecule has 0 aliphatic carbocycles. The fourth-order valence-electron chi connectivity index (χ4n) is 2.16. The van der Waals surface area contributed by atoms with Gasteiger partial charge in [0.1, 0.15) is 12.6 Å². The molecule has 0 bridgehead atoms. The van der Waals surface area contributed by atoms with Crippen LogP contribution in [0.4, 0.5) is 0 Å². The first kappa shape index (κ1) is 20.1. The molecule has 0 aromatic rings. The van der Waals surface area contributed by atoms with Gasteiger partial charge < -0.3 is 14.2 Å². The van der Waals surface area contributed by atoms with Gasteiger partial charge in [0.15, 0.2) is 0 Å².